The second-order valence-corrected chi connectivity index (χ2v) is 8.38. The van der Waals surface area contributed by atoms with Gasteiger partial charge in [0.1, 0.15) is 10.5 Å². The number of fused-ring (bicyclic) bond motifs is 1. The minimum absolute atomic E-state index is 0.0703. The second kappa shape index (κ2) is 8.26. The number of hydrogen-bond donors (Lipinski definition) is 1. The van der Waals surface area contributed by atoms with Crippen LogP contribution in [-0.2, 0) is 6.18 Å². The molecule has 1 aliphatic heterocycles. The molecule has 10 heteroatoms. The Balaban J connectivity index is 1.42. The van der Waals surface area contributed by atoms with Crippen molar-refractivity contribution in [2.75, 3.05) is 13.1 Å². The lowest BCUT2D eigenvalue weighted by atomic mass is 10.0. The molecule has 0 aliphatic carbocycles. The molecule has 3 aromatic heterocycles. The van der Waals surface area contributed by atoms with E-state index < -0.39 is 11.9 Å². The van der Waals surface area contributed by atoms with Gasteiger partial charge in [-0.2, -0.15) is 13.2 Å². The fourth-order valence-corrected chi connectivity index (χ4v) is 4.71. The number of carbonyl (C=O) groups is 2. The molecular weight excluding hydrogens is 429 g/mol. The molecule has 1 aliphatic rings. The summed E-state index contributed by atoms with van der Waals surface area (Å²) in [6, 6.07) is 5.51. The number of aryl methyl sites for hydroxylation is 1. The number of piperidine rings is 1. The number of rotatable bonds is 3. The van der Waals surface area contributed by atoms with Crippen LogP contribution in [0, 0.1) is 6.92 Å². The monoisotopic (exact) mass is 448 g/mol. The van der Waals surface area contributed by atoms with E-state index in [1.807, 2.05) is 0 Å². The van der Waals surface area contributed by atoms with Gasteiger partial charge >= 0.3 is 6.18 Å². The summed E-state index contributed by atoms with van der Waals surface area (Å²) in [5, 5.41) is 3.50. The molecular formula is C21H19F3N4O2S. The zero-order valence-electron chi connectivity index (χ0n) is 16.6. The van der Waals surface area contributed by atoms with E-state index in [-0.39, 0.29) is 22.7 Å². The normalized spacial score (nSPS) is 15.3. The molecule has 2 amide bonds. The summed E-state index contributed by atoms with van der Waals surface area (Å²) in [6.45, 7) is 2.72. The number of aromatic nitrogens is 2. The van der Waals surface area contributed by atoms with E-state index >= 15 is 0 Å². The van der Waals surface area contributed by atoms with Gasteiger partial charge in [0.05, 0.1) is 4.88 Å². The van der Waals surface area contributed by atoms with Crippen molar-refractivity contribution in [1.29, 1.82) is 0 Å². The number of amides is 2. The smallest absolute Gasteiger partial charge is 0.348 e. The topological polar surface area (TPSA) is 75.2 Å². The summed E-state index contributed by atoms with van der Waals surface area (Å²) in [5.74, 6) is -0.396. The number of nitrogens with zero attached hydrogens (tertiary/aromatic N) is 3. The maximum atomic E-state index is 12.9. The predicted molar refractivity (Wildman–Crippen MR) is 110 cm³/mol. The summed E-state index contributed by atoms with van der Waals surface area (Å²) in [7, 11) is 0. The Labute approximate surface area is 180 Å². The van der Waals surface area contributed by atoms with E-state index in [1.165, 1.54) is 6.07 Å². The highest BCUT2D eigenvalue weighted by atomic mass is 32.1. The molecule has 4 rings (SSSR count). The van der Waals surface area contributed by atoms with Crippen molar-refractivity contribution in [2.45, 2.75) is 32.0 Å². The lowest BCUT2D eigenvalue weighted by Gasteiger charge is -2.32. The standard InChI is InChI=1S/C21H19F3N4O2S/c1-12-15-2-3-16(21(22,23)24)27-19(15)31-17(12)18(29)26-14-6-10-28(11-7-14)20(30)13-4-8-25-9-5-13/h2-5,8-9,14H,6-7,10-11H2,1H3,(H,26,29). The average Bonchev–Trinajstić information content (AvgIpc) is 3.10. The molecule has 1 fully saturated rings. The highest BCUT2D eigenvalue weighted by Gasteiger charge is 2.33. The number of thiophene rings is 1. The first-order valence-corrected chi connectivity index (χ1v) is 10.5. The van der Waals surface area contributed by atoms with Crippen LogP contribution in [0.3, 0.4) is 0 Å². The quantitative estimate of drug-likeness (QED) is 0.656. The van der Waals surface area contributed by atoms with Gasteiger partial charge in [0.2, 0.25) is 0 Å². The molecule has 1 saturated heterocycles. The Hall–Kier alpha value is -3.01. The molecule has 0 unspecified atom stereocenters. The minimum Gasteiger partial charge on any atom is -0.348 e. The zero-order valence-corrected chi connectivity index (χ0v) is 17.4. The Kier molecular flexibility index (Phi) is 5.65. The molecule has 4 heterocycles. The van der Waals surface area contributed by atoms with E-state index in [9.17, 15) is 22.8 Å². The van der Waals surface area contributed by atoms with Gasteiger partial charge in [-0.15, -0.1) is 11.3 Å². The van der Waals surface area contributed by atoms with Crippen molar-refractivity contribution in [2.24, 2.45) is 0 Å². The van der Waals surface area contributed by atoms with Gasteiger partial charge in [0.15, 0.2) is 0 Å². The number of carbonyl (C=O) groups excluding carboxylic acids is 2. The van der Waals surface area contributed by atoms with Crippen LogP contribution < -0.4 is 5.32 Å². The SMILES string of the molecule is Cc1c(C(=O)NC2CCN(C(=O)c3ccncc3)CC2)sc2nc(C(F)(F)F)ccc12. The van der Waals surface area contributed by atoms with E-state index in [1.54, 1.807) is 36.4 Å². The van der Waals surface area contributed by atoms with E-state index in [0.29, 0.717) is 47.3 Å². The molecule has 0 radical (unpaired) electrons. The molecule has 0 atom stereocenters. The third kappa shape index (κ3) is 4.39. The Morgan fingerprint density at radius 1 is 1.13 bits per heavy atom. The van der Waals surface area contributed by atoms with Gasteiger partial charge in [0, 0.05) is 42.5 Å². The van der Waals surface area contributed by atoms with E-state index in [0.717, 1.165) is 17.4 Å². The molecule has 0 saturated carbocycles. The van der Waals surface area contributed by atoms with Crippen molar-refractivity contribution in [3.63, 3.8) is 0 Å². The molecule has 6 nitrogen and oxygen atoms in total. The van der Waals surface area contributed by atoms with Gasteiger partial charge in [-0.05, 0) is 49.6 Å². The van der Waals surface area contributed by atoms with Crippen LogP contribution in [-0.4, -0.2) is 45.8 Å². The third-order valence-corrected chi connectivity index (χ3v) is 6.55. The number of hydrogen-bond acceptors (Lipinski definition) is 5. The summed E-state index contributed by atoms with van der Waals surface area (Å²) < 4.78 is 38.8. The highest BCUT2D eigenvalue weighted by Crippen LogP contribution is 2.34. The lowest BCUT2D eigenvalue weighted by Crippen LogP contribution is -2.46. The number of likely N-dealkylation sites (tertiary alicyclic amines) is 1. The number of nitrogens with one attached hydrogen (secondary N) is 1. The first-order valence-electron chi connectivity index (χ1n) is 9.71. The van der Waals surface area contributed by atoms with Crippen LogP contribution in [0.2, 0.25) is 0 Å². The van der Waals surface area contributed by atoms with Gasteiger partial charge in [-0.25, -0.2) is 4.98 Å². The summed E-state index contributed by atoms with van der Waals surface area (Å²) in [5.41, 5.74) is 0.215. The third-order valence-electron chi connectivity index (χ3n) is 5.34. The van der Waals surface area contributed by atoms with Gasteiger partial charge in [0.25, 0.3) is 11.8 Å². The van der Waals surface area contributed by atoms with Crippen LogP contribution in [0.15, 0.2) is 36.7 Å². The summed E-state index contributed by atoms with van der Waals surface area (Å²) in [4.78, 5) is 35.2. The molecule has 3 aromatic rings. The fraction of sp³-hybridized carbons (Fsp3) is 0.333. The molecule has 0 spiro atoms. The van der Waals surface area contributed by atoms with E-state index in [2.05, 4.69) is 15.3 Å². The van der Waals surface area contributed by atoms with Gasteiger partial charge < -0.3 is 10.2 Å². The molecule has 1 N–H and O–H groups in total. The second-order valence-electron chi connectivity index (χ2n) is 7.38. The average molecular weight is 448 g/mol. The lowest BCUT2D eigenvalue weighted by molar-refractivity contribution is -0.140. The number of alkyl halides is 3. The number of halogens is 3. The van der Waals surface area contributed by atoms with Crippen molar-refractivity contribution >= 4 is 33.4 Å². The highest BCUT2D eigenvalue weighted by molar-refractivity contribution is 7.20. The Bertz CT molecular complexity index is 1120. The zero-order chi connectivity index (χ0) is 22.2. The largest absolute Gasteiger partial charge is 0.433 e. The van der Waals surface area contributed by atoms with Crippen LogP contribution >= 0.6 is 11.3 Å². The molecule has 0 aromatic carbocycles. The van der Waals surface area contributed by atoms with Crippen LogP contribution in [0.1, 0.15) is 44.1 Å². The maximum absolute atomic E-state index is 12.9. The van der Waals surface area contributed by atoms with Crippen LogP contribution in [0.4, 0.5) is 13.2 Å². The predicted octanol–water partition coefficient (Wildman–Crippen LogP) is 4.05. The first-order chi connectivity index (χ1) is 14.7. The molecule has 162 valence electrons. The fourth-order valence-electron chi connectivity index (χ4n) is 3.63. The van der Waals surface area contributed by atoms with Crippen molar-refractivity contribution in [1.82, 2.24) is 20.2 Å². The first kappa shape index (κ1) is 21.2. The van der Waals surface area contributed by atoms with E-state index in [4.69, 9.17) is 0 Å². The maximum Gasteiger partial charge on any atom is 0.433 e. The van der Waals surface area contributed by atoms with Gasteiger partial charge in [-0.3, -0.25) is 14.6 Å². The number of pyridine rings is 2. The van der Waals surface area contributed by atoms with Crippen molar-refractivity contribution in [3.05, 3.63) is 58.4 Å². The summed E-state index contributed by atoms with van der Waals surface area (Å²) in [6.07, 6.45) is -0.192. The Morgan fingerprint density at radius 3 is 2.45 bits per heavy atom. The van der Waals surface area contributed by atoms with Crippen LogP contribution in [0.5, 0.6) is 0 Å². The minimum atomic E-state index is -4.53. The molecule has 31 heavy (non-hydrogen) atoms. The molecule has 0 bridgehead atoms. The Morgan fingerprint density at radius 2 is 1.81 bits per heavy atom. The summed E-state index contributed by atoms with van der Waals surface area (Å²) >= 11 is 0.960. The van der Waals surface area contributed by atoms with Gasteiger partial charge in [-0.1, -0.05) is 0 Å². The van der Waals surface area contributed by atoms with Crippen molar-refractivity contribution in [3.8, 4) is 0 Å². The van der Waals surface area contributed by atoms with Crippen molar-refractivity contribution < 1.29 is 22.8 Å². The van der Waals surface area contributed by atoms with Crippen LogP contribution in [0.25, 0.3) is 10.2 Å².